The number of hydrogen-bond donors (Lipinski definition) is 6. The SMILES string of the molecule is CSCCC(N)C(=O)NC(CO)C(=O)NC(Cc1ccccc1)C(=O)NC(C)C(=O)O. The number of amides is 3. The zero-order chi connectivity index (χ0) is 23.4. The summed E-state index contributed by atoms with van der Waals surface area (Å²) in [6.45, 7) is 0.604. The van der Waals surface area contributed by atoms with Crippen molar-refractivity contribution in [3.8, 4) is 0 Å². The molecule has 0 heterocycles. The Bertz CT molecular complexity index is 748. The van der Waals surface area contributed by atoms with Gasteiger partial charge in [0.15, 0.2) is 0 Å². The maximum atomic E-state index is 12.6. The lowest BCUT2D eigenvalue weighted by molar-refractivity contribution is -0.141. The predicted octanol–water partition coefficient (Wildman–Crippen LogP) is -1.14. The number of hydrogen-bond acceptors (Lipinski definition) is 7. The molecule has 0 saturated carbocycles. The Balaban J connectivity index is 2.89. The highest BCUT2D eigenvalue weighted by Gasteiger charge is 2.29. The second-order valence-electron chi connectivity index (χ2n) is 6.95. The molecule has 0 saturated heterocycles. The number of carbonyl (C=O) groups is 4. The quantitative estimate of drug-likeness (QED) is 0.217. The fourth-order valence-corrected chi connectivity index (χ4v) is 3.05. The summed E-state index contributed by atoms with van der Waals surface area (Å²) in [5.41, 5.74) is 6.51. The first-order valence-corrected chi connectivity index (χ1v) is 11.1. The van der Waals surface area contributed by atoms with E-state index in [0.29, 0.717) is 12.2 Å². The van der Waals surface area contributed by atoms with Gasteiger partial charge in [-0.2, -0.15) is 11.8 Å². The summed E-state index contributed by atoms with van der Waals surface area (Å²) in [6, 6.07) is 4.40. The molecule has 3 amide bonds. The van der Waals surface area contributed by atoms with E-state index in [2.05, 4.69) is 16.0 Å². The van der Waals surface area contributed by atoms with Gasteiger partial charge in [-0.25, -0.2) is 0 Å². The molecule has 0 radical (unpaired) electrons. The largest absolute Gasteiger partial charge is 0.480 e. The van der Waals surface area contributed by atoms with Gasteiger partial charge < -0.3 is 31.9 Å². The standard InChI is InChI=1S/C20H30N4O6S/c1-12(20(29)30)22-18(27)15(10-13-6-4-3-5-7-13)23-19(28)16(11-25)24-17(26)14(21)8-9-31-2/h3-7,12,14-16,25H,8-11,21H2,1-2H3,(H,22,27)(H,23,28)(H,24,26)(H,29,30). The summed E-state index contributed by atoms with van der Waals surface area (Å²) in [5, 5.41) is 25.8. The smallest absolute Gasteiger partial charge is 0.325 e. The molecule has 4 unspecified atom stereocenters. The molecule has 0 aliphatic rings. The van der Waals surface area contributed by atoms with E-state index in [1.54, 1.807) is 30.3 Å². The van der Waals surface area contributed by atoms with Gasteiger partial charge in [-0.05, 0) is 30.9 Å². The van der Waals surface area contributed by atoms with Gasteiger partial charge in [0.05, 0.1) is 12.6 Å². The Hall–Kier alpha value is -2.63. The number of aliphatic hydroxyl groups excluding tert-OH is 1. The fraction of sp³-hybridized carbons (Fsp3) is 0.500. The minimum absolute atomic E-state index is 0.0874. The molecule has 1 aromatic carbocycles. The number of carboxylic acids is 1. The number of benzene rings is 1. The molecule has 31 heavy (non-hydrogen) atoms. The molecule has 0 aliphatic heterocycles. The third-order valence-electron chi connectivity index (χ3n) is 4.43. The zero-order valence-electron chi connectivity index (χ0n) is 17.5. The van der Waals surface area contributed by atoms with Crippen molar-refractivity contribution in [3.05, 3.63) is 35.9 Å². The molecule has 1 aromatic rings. The molecule has 0 aromatic heterocycles. The van der Waals surface area contributed by atoms with E-state index >= 15 is 0 Å². The number of rotatable bonds is 13. The molecule has 10 nitrogen and oxygen atoms in total. The maximum absolute atomic E-state index is 12.6. The Morgan fingerprint density at radius 1 is 1.00 bits per heavy atom. The van der Waals surface area contributed by atoms with Crippen LogP contribution in [0.4, 0.5) is 0 Å². The van der Waals surface area contributed by atoms with E-state index in [1.807, 2.05) is 6.26 Å². The normalized spacial score (nSPS) is 14.6. The molecule has 172 valence electrons. The molecule has 0 bridgehead atoms. The van der Waals surface area contributed by atoms with Crippen LogP contribution in [0.3, 0.4) is 0 Å². The highest BCUT2D eigenvalue weighted by molar-refractivity contribution is 7.98. The topological polar surface area (TPSA) is 171 Å². The highest BCUT2D eigenvalue weighted by atomic mass is 32.2. The lowest BCUT2D eigenvalue weighted by Gasteiger charge is -2.24. The van der Waals surface area contributed by atoms with E-state index in [0.717, 1.165) is 5.56 Å². The third kappa shape index (κ3) is 9.37. The van der Waals surface area contributed by atoms with Crippen molar-refractivity contribution in [3.63, 3.8) is 0 Å². The second kappa shape index (κ2) is 13.6. The lowest BCUT2D eigenvalue weighted by Crippen LogP contribution is -2.58. The zero-order valence-corrected chi connectivity index (χ0v) is 18.4. The van der Waals surface area contributed by atoms with Gasteiger partial charge in [-0.15, -0.1) is 0 Å². The van der Waals surface area contributed by atoms with Crippen molar-refractivity contribution >= 4 is 35.5 Å². The van der Waals surface area contributed by atoms with Gasteiger partial charge in [-0.3, -0.25) is 19.2 Å². The van der Waals surface area contributed by atoms with Gasteiger partial charge in [0, 0.05) is 6.42 Å². The average Bonchev–Trinajstić information content (AvgIpc) is 2.75. The fourth-order valence-electron chi connectivity index (χ4n) is 2.56. The van der Waals surface area contributed by atoms with Crippen molar-refractivity contribution in [2.75, 3.05) is 18.6 Å². The number of carboxylic acid groups (broad SMARTS) is 1. The molecule has 0 fully saturated rings. The monoisotopic (exact) mass is 454 g/mol. The van der Waals surface area contributed by atoms with Crippen LogP contribution in [0.25, 0.3) is 0 Å². The second-order valence-corrected chi connectivity index (χ2v) is 7.94. The Morgan fingerprint density at radius 2 is 1.58 bits per heavy atom. The minimum atomic E-state index is -1.31. The first kappa shape index (κ1) is 26.4. The summed E-state index contributed by atoms with van der Waals surface area (Å²) in [5.74, 6) is -2.64. The molecular weight excluding hydrogens is 424 g/mol. The summed E-state index contributed by atoms with van der Waals surface area (Å²) in [6.07, 6.45) is 2.36. The summed E-state index contributed by atoms with van der Waals surface area (Å²) in [4.78, 5) is 48.5. The molecule has 0 spiro atoms. The van der Waals surface area contributed by atoms with Gasteiger partial charge in [0.2, 0.25) is 17.7 Å². The number of thioether (sulfide) groups is 1. The van der Waals surface area contributed by atoms with E-state index < -0.39 is 54.5 Å². The van der Waals surface area contributed by atoms with Crippen molar-refractivity contribution in [2.24, 2.45) is 5.73 Å². The number of nitrogens with two attached hydrogens (primary N) is 1. The van der Waals surface area contributed by atoms with E-state index in [4.69, 9.17) is 10.8 Å². The van der Waals surface area contributed by atoms with Gasteiger partial charge in [0.1, 0.15) is 18.1 Å². The molecule has 1 rings (SSSR count). The Labute approximate surface area is 185 Å². The molecule has 0 aliphatic carbocycles. The molecule has 11 heteroatoms. The first-order chi connectivity index (χ1) is 14.7. The summed E-state index contributed by atoms with van der Waals surface area (Å²) >= 11 is 1.52. The summed E-state index contributed by atoms with van der Waals surface area (Å²) < 4.78 is 0. The van der Waals surface area contributed by atoms with Crippen LogP contribution in [0.15, 0.2) is 30.3 Å². The van der Waals surface area contributed by atoms with Crippen LogP contribution in [0.2, 0.25) is 0 Å². The maximum Gasteiger partial charge on any atom is 0.325 e. The van der Waals surface area contributed by atoms with Crippen LogP contribution in [-0.4, -0.2) is 76.7 Å². The lowest BCUT2D eigenvalue weighted by atomic mass is 10.0. The Kier molecular flexibility index (Phi) is 11.6. The van der Waals surface area contributed by atoms with Crippen LogP contribution >= 0.6 is 11.8 Å². The third-order valence-corrected chi connectivity index (χ3v) is 5.07. The van der Waals surface area contributed by atoms with Crippen molar-refractivity contribution in [1.29, 1.82) is 0 Å². The van der Waals surface area contributed by atoms with Crippen molar-refractivity contribution < 1.29 is 29.4 Å². The van der Waals surface area contributed by atoms with E-state index in [9.17, 15) is 24.3 Å². The molecule has 7 N–H and O–H groups in total. The average molecular weight is 455 g/mol. The molecule has 4 atom stereocenters. The van der Waals surface area contributed by atoms with Gasteiger partial charge in [-0.1, -0.05) is 30.3 Å². The van der Waals surface area contributed by atoms with Crippen LogP contribution < -0.4 is 21.7 Å². The number of nitrogens with one attached hydrogen (secondary N) is 3. The van der Waals surface area contributed by atoms with Crippen LogP contribution in [0.1, 0.15) is 18.9 Å². The van der Waals surface area contributed by atoms with Crippen LogP contribution in [-0.2, 0) is 25.6 Å². The van der Waals surface area contributed by atoms with Gasteiger partial charge in [0.25, 0.3) is 0 Å². The van der Waals surface area contributed by atoms with Crippen molar-refractivity contribution in [1.82, 2.24) is 16.0 Å². The van der Waals surface area contributed by atoms with E-state index in [1.165, 1.54) is 18.7 Å². The first-order valence-electron chi connectivity index (χ1n) is 9.72. The summed E-state index contributed by atoms with van der Waals surface area (Å²) in [7, 11) is 0. The van der Waals surface area contributed by atoms with E-state index in [-0.39, 0.29) is 6.42 Å². The highest BCUT2D eigenvalue weighted by Crippen LogP contribution is 2.05. The number of carbonyl (C=O) groups excluding carboxylic acids is 3. The number of aliphatic carboxylic acids is 1. The predicted molar refractivity (Wildman–Crippen MR) is 117 cm³/mol. The van der Waals surface area contributed by atoms with Crippen LogP contribution in [0.5, 0.6) is 0 Å². The minimum Gasteiger partial charge on any atom is -0.480 e. The van der Waals surface area contributed by atoms with Crippen molar-refractivity contribution in [2.45, 2.75) is 43.9 Å². The Morgan fingerprint density at radius 3 is 2.13 bits per heavy atom. The van der Waals surface area contributed by atoms with Crippen LogP contribution in [0, 0.1) is 0 Å². The molecular formula is C20H30N4O6S. The van der Waals surface area contributed by atoms with Gasteiger partial charge >= 0.3 is 5.97 Å². The number of aliphatic hydroxyl groups is 1.